The molecule has 4 heteroatoms. The average Bonchev–Trinajstić information content (AvgIpc) is 2.88. The Morgan fingerprint density at radius 3 is 2.72 bits per heavy atom. The first-order chi connectivity index (χ1) is 8.56. The van der Waals surface area contributed by atoms with Crippen LogP contribution in [0.5, 0.6) is 0 Å². The van der Waals surface area contributed by atoms with Gasteiger partial charge in [0.2, 0.25) is 0 Å². The van der Waals surface area contributed by atoms with E-state index in [9.17, 15) is 4.79 Å². The van der Waals surface area contributed by atoms with Gasteiger partial charge in [0.1, 0.15) is 0 Å². The Morgan fingerprint density at radius 2 is 2.17 bits per heavy atom. The van der Waals surface area contributed by atoms with Gasteiger partial charge in [-0.3, -0.25) is 0 Å². The molecule has 1 aliphatic rings. The molecule has 0 radical (unpaired) electrons. The number of hydrogen-bond donors (Lipinski definition) is 0. The molecule has 0 aliphatic carbocycles. The highest BCUT2D eigenvalue weighted by Gasteiger charge is 2.29. The summed E-state index contributed by atoms with van der Waals surface area (Å²) in [5, 5.41) is 4.11. The van der Waals surface area contributed by atoms with Gasteiger partial charge in [-0.2, -0.15) is 11.3 Å². The second-order valence-corrected chi connectivity index (χ2v) is 5.17. The Morgan fingerprint density at radius 1 is 1.44 bits per heavy atom. The third kappa shape index (κ3) is 2.08. The Hall–Kier alpha value is -1.55. The maximum Gasteiger partial charge on any atom is 0.336 e. The molecule has 0 amide bonds. The minimum Gasteiger partial charge on any atom is -0.466 e. The maximum atomic E-state index is 12.0. The number of carbonyl (C=O) groups is 1. The number of ether oxygens (including phenoxy) is 1. The molecule has 0 bridgehead atoms. The molecule has 1 atom stereocenters. The summed E-state index contributed by atoms with van der Waals surface area (Å²) < 4.78 is 4.92. The van der Waals surface area contributed by atoms with Crippen LogP contribution in [-0.2, 0) is 9.53 Å². The quantitative estimate of drug-likeness (QED) is 0.768. The van der Waals surface area contributed by atoms with Crippen LogP contribution in [0, 0.1) is 0 Å². The largest absolute Gasteiger partial charge is 0.466 e. The number of hydrogen-bond acceptors (Lipinski definition) is 4. The van der Waals surface area contributed by atoms with Crippen molar-refractivity contribution in [2.24, 2.45) is 0 Å². The highest BCUT2D eigenvalue weighted by molar-refractivity contribution is 7.08. The molecule has 18 heavy (non-hydrogen) atoms. The third-order valence-electron chi connectivity index (χ3n) is 3.45. The number of carbonyl (C=O) groups excluding carboxylic acids is 1. The predicted octanol–water partition coefficient (Wildman–Crippen LogP) is 3.13. The first-order valence-electron chi connectivity index (χ1n) is 5.79. The lowest BCUT2D eigenvalue weighted by molar-refractivity contribution is -0.136. The molecule has 3 nitrogen and oxygen atoms in total. The van der Waals surface area contributed by atoms with E-state index in [0.29, 0.717) is 0 Å². The van der Waals surface area contributed by atoms with Gasteiger partial charge < -0.3 is 9.64 Å². The molecule has 0 aromatic carbocycles. The summed E-state index contributed by atoms with van der Waals surface area (Å²) in [5.74, 6) is -0.251. The van der Waals surface area contributed by atoms with E-state index >= 15 is 0 Å². The van der Waals surface area contributed by atoms with Crippen LogP contribution >= 0.6 is 11.3 Å². The van der Waals surface area contributed by atoms with Gasteiger partial charge in [0.25, 0.3) is 0 Å². The summed E-state index contributed by atoms with van der Waals surface area (Å²) in [6.45, 7) is 4.01. The summed E-state index contributed by atoms with van der Waals surface area (Å²) in [7, 11) is 3.40. The van der Waals surface area contributed by atoms with Gasteiger partial charge in [0, 0.05) is 24.4 Å². The zero-order chi connectivity index (χ0) is 13.3. The zero-order valence-corrected chi connectivity index (χ0v) is 11.9. The molecular weight excluding hydrogens is 246 g/mol. The lowest BCUT2D eigenvalue weighted by atomic mass is 9.88. The smallest absolute Gasteiger partial charge is 0.336 e. The van der Waals surface area contributed by atoms with Gasteiger partial charge >= 0.3 is 5.97 Å². The van der Waals surface area contributed by atoms with E-state index in [1.165, 1.54) is 7.11 Å². The Labute approximate surface area is 111 Å². The zero-order valence-electron chi connectivity index (χ0n) is 11.1. The monoisotopic (exact) mass is 263 g/mol. The molecule has 1 aliphatic heterocycles. The summed E-state index contributed by atoms with van der Waals surface area (Å²) in [5.41, 5.74) is 3.98. The van der Waals surface area contributed by atoms with Crippen molar-refractivity contribution < 1.29 is 9.53 Å². The van der Waals surface area contributed by atoms with E-state index in [4.69, 9.17) is 4.74 Å². The normalized spacial score (nSPS) is 19.9. The molecule has 2 heterocycles. The number of thiophene rings is 1. The van der Waals surface area contributed by atoms with Gasteiger partial charge in [0.15, 0.2) is 0 Å². The molecule has 1 unspecified atom stereocenters. The van der Waals surface area contributed by atoms with Crippen molar-refractivity contribution in [3.63, 3.8) is 0 Å². The molecular formula is C14H17NO2S. The van der Waals surface area contributed by atoms with Gasteiger partial charge in [0.05, 0.1) is 12.7 Å². The maximum absolute atomic E-state index is 12.0. The van der Waals surface area contributed by atoms with Gasteiger partial charge in [-0.05, 0) is 36.2 Å². The highest BCUT2D eigenvalue weighted by Crippen LogP contribution is 2.36. The number of rotatable bonds is 2. The van der Waals surface area contributed by atoms with E-state index in [-0.39, 0.29) is 11.9 Å². The molecule has 1 aromatic heterocycles. The first-order valence-corrected chi connectivity index (χ1v) is 6.74. The number of nitrogens with zero attached hydrogens (tertiary/aromatic N) is 1. The summed E-state index contributed by atoms with van der Waals surface area (Å²) in [6.07, 6.45) is 2.11. The molecule has 0 spiro atoms. The van der Waals surface area contributed by atoms with E-state index in [1.54, 1.807) is 11.3 Å². The van der Waals surface area contributed by atoms with Crippen LogP contribution in [0.2, 0.25) is 0 Å². The Balaban J connectivity index is 2.51. The number of allylic oxidation sites excluding steroid dienone is 3. The summed E-state index contributed by atoms with van der Waals surface area (Å²) >= 11 is 1.64. The molecule has 2 rings (SSSR count). The third-order valence-corrected chi connectivity index (χ3v) is 4.15. The van der Waals surface area contributed by atoms with Crippen molar-refractivity contribution in [3.8, 4) is 0 Å². The lowest BCUT2D eigenvalue weighted by Crippen LogP contribution is -2.26. The fourth-order valence-corrected chi connectivity index (χ4v) is 2.90. The van der Waals surface area contributed by atoms with E-state index in [1.807, 2.05) is 24.3 Å². The van der Waals surface area contributed by atoms with Gasteiger partial charge in [-0.15, -0.1) is 0 Å². The van der Waals surface area contributed by atoms with Crippen LogP contribution in [0.3, 0.4) is 0 Å². The lowest BCUT2D eigenvalue weighted by Gasteiger charge is -2.31. The van der Waals surface area contributed by atoms with Gasteiger partial charge in [-0.1, -0.05) is 6.08 Å². The van der Waals surface area contributed by atoms with Crippen LogP contribution in [0.15, 0.2) is 39.9 Å². The van der Waals surface area contributed by atoms with Crippen molar-refractivity contribution in [1.29, 1.82) is 0 Å². The summed E-state index contributed by atoms with van der Waals surface area (Å²) in [4.78, 5) is 14.0. The van der Waals surface area contributed by atoms with Gasteiger partial charge in [-0.25, -0.2) is 4.79 Å². The standard InChI is InChI=1S/C14H17NO2S/c1-9-7-12(11-5-6-18-8-11)13(14(16)17-4)10(2)15(9)3/h5-8,12H,1-4H3. The van der Waals surface area contributed by atoms with Crippen LogP contribution in [-0.4, -0.2) is 25.0 Å². The second-order valence-electron chi connectivity index (χ2n) is 4.39. The molecule has 96 valence electrons. The average molecular weight is 263 g/mol. The van der Waals surface area contributed by atoms with Crippen LogP contribution in [0.1, 0.15) is 25.3 Å². The summed E-state index contributed by atoms with van der Waals surface area (Å²) in [6, 6.07) is 2.06. The van der Waals surface area contributed by atoms with Crippen molar-refractivity contribution in [1.82, 2.24) is 4.90 Å². The van der Waals surface area contributed by atoms with E-state index in [0.717, 1.165) is 22.5 Å². The molecule has 0 N–H and O–H groups in total. The van der Waals surface area contributed by atoms with E-state index in [2.05, 4.69) is 24.4 Å². The first kappa shape index (κ1) is 12.9. The molecule has 0 saturated heterocycles. The van der Waals surface area contributed by atoms with Crippen LogP contribution in [0.4, 0.5) is 0 Å². The minimum absolute atomic E-state index is 0.0000926. The minimum atomic E-state index is -0.251. The highest BCUT2D eigenvalue weighted by atomic mass is 32.1. The van der Waals surface area contributed by atoms with Crippen LogP contribution in [0.25, 0.3) is 0 Å². The molecule has 0 fully saturated rings. The van der Waals surface area contributed by atoms with E-state index < -0.39 is 0 Å². The fourth-order valence-electron chi connectivity index (χ4n) is 2.21. The topological polar surface area (TPSA) is 29.5 Å². The second kappa shape index (κ2) is 4.98. The number of methoxy groups -OCH3 is 1. The SMILES string of the molecule is COC(=O)C1=C(C)N(C)C(C)=CC1c1ccsc1. The number of esters is 1. The Kier molecular flexibility index (Phi) is 3.57. The molecule has 1 aromatic rings. The molecule has 0 saturated carbocycles. The van der Waals surface area contributed by atoms with Crippen molar-refractivity contribution in [2.45, 2.75) is 19.8 Å². The van der Waals surface area contributed by atoms with Crippen LogP contribution < -0.4 is 0 Å². The van der Waals surface area contributed by atoms with Crippen molar-refractivity contribution >= 4 is 17.3 Å². The predicted molar refractivity (Wildman–Crippen MR) is 73.3 cm³/mol. The van der Waals surface area contributed by atoms with Crippen molar-refractivity contribution in [2.75, 3.05) is 14.2 Å². The Bertz CT molecular complexity index is 514. The fraction of sp³-hybridized carbons (Fsp3) is 0.357. The van der Waals surface area contributed by atoms with Crippen molar-refractivity contribution in [3.05, 3.63) is 45.4 Å².